The molecular formula is C17H21NO4. The molecule has 0 saturated heterocycles. The summed E-state index contributed by atoms with van der Waals surface area (Å²) < 4.78 is 11.0. The maximum Gasteiger partial charge on any atom is 0.355 e. The van der Waals surface area contributed by atoms with Crippen molar-refractivity contribution in [3.63, 3.8) is 0 Å². The van der Waals surface area contributed by atoms with Crippen molar-refractivity contribution < 1.29 is 18.7 Å². The first-order chi connectivity index (χ1) is 10.3. The van der Waals surface area contributed by atoms with Gasteiger partial charge in [0, 0.05) is 5.56 Å². The molecule has 5 nitrogen and oxygen atoms in total. The molecule has 0 saturated carbocycles. The summed E-state index contributed by atoms with van der Waals surface area (Å²) in [5.41, 5.74) is 1.39. The second-order valence-electron chi connectivity index (χ2n) is 6.15. The number of esters is 1. The van der Waals surface area contributed by atoms with Gasteiger partial charge in [0.2, 0.25) is 0 Å². The van der Waals surface area contributed by atoms with Crippen LogP contribution in [0.25, 0.3) is 11.3 Å². The molecule has 22 heavy (non-hydrogen) atoms. The smallest absolute Gasteiger partial charge is 0.355 e. The maximum atomic E-state index is 12.4. The van der Waals surface area contributed by atoms with E-state index in [1.54, 1.807) is 26.8 Å². The molecular weight excluding hydrogens is 282 g/mol. The Balaban J connectivity index is 2.56. The molecule has 2 aromatic heterocycles. The van der Waals surface area contributed by atoms with Gasteiger partial charge in [0.25, 0.3) is 0 Å². The Morgan fingerprint density at radius 1 is 1.36 bits per heavy atom. The Hall–Kier alpha value is -2.30. The van der Waals surface area contributed by atoms with Crippen molar-refractivity contribution in [2.45, 2.75) is 46.6 Å². The maximum absolute atomic E-state index is 12.4. The fraction of sp³-hybridized carbons (Fsp3) is 0.412. The van der Waals surface area contributed by atoms with E-state index in [9.17, 15) is 9.59 Å². The number of hydrogen-bond donors (Lipinski definition) is 1. The molecule has 2 heterocycles. The molecule has 0 aromatic carbocycles. The Labute approximate surface area is 129 Å². The van der Waals surface area contributed by atoms with Crippen LogP contribution in [0.2, 0.25) is 0 Å². The zero-order valence-electron chi connectivity index (χ0n) is 13.6. The summed E-state index contributed by atoms with van der Waals surface area (Å²) in [7, 11) is 0. The first kappa shape index (κ1) is 16.1. The second kappa shape index (κ2) is 5.83. The van der Waals surface area contributed by atoms with E-state index in [2.05, 4.69) is 4.98 Å². The van der Waals surface area contributed by atoms with Crippen LogP contribution < -0.4 is 0 Å². The minimum absolute atomic E-state index is 0.309. The van der Waals surface area contributed by atoms with Gasteiger partial charge in [0.1, 0.15) is 22.8 Å². The van der Waals surface area contributed by atoms with Gasteiger partial charge in [-0.1, -0.05) is 6.92 Å². The molecule has 0 bridgehead atoms. The third-order valence-corrected chi connectivity index (χ3v) is 3.19. The number of aromatic amines is 1. The first-order valence-electron chi connectivity index (χ1n) is 7.27. The van der Waals surface area contributed by atoms with Crippen molar-refractivity contribution >= 4 is 12.3 Å². The molecule has 2 aromatic rings. The van der Waals surface area contributed by atoms with Crippen molar-refractivity contribution in [1.82, 2.24) is 4.98 Å². The fourth-order valence-electron chi connectivity index (χ4n) is 2.36. The normalized spacial score (nSPS) is 11.5. The number of aromatic nitrogens is 1. The van der Waals surface area contributed by atoms with Crippen LogP contribution in [0.4, 0.5) is 0 Å². The highest BCUT2D eigenvalue weighted by molar-refractivity contribution is 5.97. The lowest BCUT2D eigenvalue weighted by atomic mass is 10.0. The fourth-order valence-corrected chi connectivity index (χ4v) is 2.36. The number of aldehydes is 1. The summed E-state index contributed by atoms with van der Waals surface area (Å²) in [5, 5.41) is 0. The third-order valence-electron chi connectivity index (χ3n) is 3.19. The molecule has 2 rings (SSSR count). The van der Waals surface area contributed by atoms with E-state index in [1.165, 1.54) is 0 Å². The van der Waals surface area contributed by atoms with Gasteiger partial charge in [0.15, 0.2) is 6.29 Å². The van der Waals surface area contributed by atoms with Crippen LogP contribution in [0.3, 0.4) is 0 Å². The number of H-pyrrole nitrogens is 1. The van der Waals surface area contributed by atoms with E-state index in [4.69, 9.17) is 9.15 Å². The van der Waals surface area contributed by atoms with Gasteiger partial charge in [-0.2, -0.15) is 0 Å². The standard InChI is InChI=1S/C17H21NO4/c1-6-11-14(13-8-7-10(2)21-13)12(9-19)18-15(11)16(20)22-17(3,4)5/h7-9,18H,6H2,1-5H3. The number of aryl methyl sites for hydroxylation is 1. The van der Waals surface area contributed by atoms with Crippen molar-refractivity contribution in [2.24, 2.45) is 0 Å². The zero-order valence-corrected chi connectivity index (χ0v) is 13.6. The number of nitrogens with one attached hydrogen (secondary N) is 1. The summed E-state index contributed by atoms with van der Waals surface area (Å²) in [4.78, 5) is 26.6. The lowest BCUT2D eigenvalue weighted by molar-refractivity contribution is 0.00624. The number of hydrogen-bond acceptors (Lipinski definition) is 4. The van der Waals surface area contributed by atoms with Crippen LogP contribution in [0.5, 0.6) is 0 Å². The van der Waals surface area contributed by atoms with Gasteiger partial charge in [-0.3, -0.25) is 4.79 Å². The summed E-state index contributed by atoms with van der Waals surface area (Å²) >= 11 is 0. The van der Waals surface area contributed by atoms with E-state index < -0.39 is 11.6 Å². The first-order valence-corrected chi connectivity index (χ1v) is 7.27. The second-order valence-corrected chi connectivity index (χ2v) is 6.15. The highest BCUT2D eigenvalue weighted by Gasteiger charge is 2.27. The SMILES string of the molecule is CCc1c(C(=O)OC(C)(C)C)[nH]c(C=O)c1-c1ccc(C)o1. The van der Waals surface area contributed by atoms with E-state index in [-0.39, 0.29) is 0 Å². The predicted octanol–water partition coefficient (Wildman–Crippen LogP) is 3.91. The number of carbonyl (C=O) groups is 2. The highest BCUT2D eigenvalue weighted by Crippen LogP contribution is 2.32. The minimum atomic E-state index is -0.601. The van der Waals surface area contributed by atoms with Gasteiger partial charge in [-0.15, -0.1) is 0 Å². The molecule has 0 aliphatic carbocycles. The minimum Gasteiger partial charge on any atom is -0.461 e. The molecule has 0 radical (unpaired) electrons. The molecule has 0 amide bonds. The average Bonchev–Trinajstić information content (AvgIpc) is 2.99. The van der Waals surface area contributed by atoms with Crippen molar-refractivity contribution in [2.75, 3.05) is 0 Å². The molecule has 0 aliphatic heterocycles. The number of furan rings is 1. The van der Waals surface area contributed by atoms with Gasteiger partial charge in [-0.05, 0) is 51.8 Å². The van der Waals surface area contributed by atoms with Crippen LogP contribution in [0, 0.1) is 6.92 Å². The topological polar surface area (TPSA) is 72.3 Å². The zero-order chi connectivity index (χ0) is 16.5. The van der Waals surface area contributed by atoms with Crippen LogP contribution in [0.15, 0.2) is 16.5 Å². The lowest BCUT2D eigenvalue weighted by Gasteiger charge is -2.19. The summed E-state index contributed by atoms with van der Waals surface area (Å²) in [6.07, 6.45) is 1.27. The summed E-state index contributed by atoms with van der Waals surface area (Å²) in [5.74, 6) is 0.846. The molecule has 0 unspecified atom stereocenters. The average molecular weight is 303 g/mol. The van der Waals surface area contributed by atoms with Crippen LogP contribution in [-0.4, -0.2) is 22.8 Å². The highest BCUT2D eigenvalue weighted by atomic mass is 16.6. The predicted molar refractivity (Wildman–Crippen MR) is 83.2 cm³/mol. The number of carbonyl (C=O) groups excluding carboxylic acids is 2. The molecule has 0 spiro atoms. The molecule has 0 fully saturated rings. The van der Waals surface area contributed by atoms with Crippen molar-refractivity contribution in [1.29, 1.82) is 0 Å². The van der Waals surface area contributed by atoms with E-state index in [0.29, 0.717) is 35.4 Å². The van der Waals surface area contributed by atoms with Crippen LogP contribution in [0.1, 0.15) is 60.0 Å². The molecule has 118 valence electrons. The summed E-state index contributed by atoms with van der Waals surface area (Å²) in [6, 6.07) is 3.62. The molecule has 5 heteroatoms. The van der Waals surface area contributed by atoms with Gasteiger partial charge in [0.05, 0.1) is 5.69 Å². The monoisotopic (exact) mass is 303 g/mol. The van der Waals surface area contributed by atoms with E-state index >= 15 is 0 Å². The van der Waals surface area contributed by atoms with Crippen LogP contribution in [-0.2, 0) is 11.2 Å². The Morgan fingerprint density at radius 3 is 2.50 bits per heavy atom. The molecule has 0 aliphatic rings. The Morgan fingerprint density at radius 2 is 2.05 bits per heavy atom. The number of rotatable bonds is 4. The molecule has 0 atom stereocenters. The quantitative estimate of drug-likeness (QED) is 0.686. The van der Waals surface area contributed by atoms with Crippen LogP contribution >= 0.6 is 0 Å². The van der Waals surface area contributed by atoms with Crippen molar-refractivity contribution in [3.8, 4) is 11.3 Å². The van der Waals surface area contributed by atoms with E-state index in [0.717, 1.165) is 11.3 Å². The van der Waals surface area contributed by atoms with E-state index in [1.807, 2.05) is 19.9 Å². The Bertz CT molecular complexity index is 701. The number of ether oxygens (including phenoxy) is 1. The third kappa shape index (κ3) is 3.13. The van der Waals surface area contributed by atoms with Gasteiger partial charge in [-0.25, -0.2) is 4.79 Å². The summed E-state index contributed by atoms with van der Waals surface area (Å²) in [6.45, 7) is 9.16. The largest absolute Gasteiger partial charge is 0.461 e. The van der Waals surface area contributed by atoms with Gasteiger partial charge < -0.3 is 14.1 Å². The van der Waals surface area contributed by atoms with Gasteiger partial charge >= 0.3 is 5.97 Å². The Kier molecular flexibility index (Phi) is 4.26. The van der Waals surface area contributed by atoms with Crippen molar-refractivity contribution in [3.05, 3.63) is 34.8 Å². The lowest BCUT2D eigenvalue weighted by Crippen LogP contribution is -2.24. The molecule has 1 N–H and O–H groups in total.